The van der Waals surface area contributed by atoms with Crippen LogP contribution >= 0.6 is 0 Å². The van der Waals surface area contributed by atoms with Crippen LogP contribution in [0.1, 0.15) is 41.0 Å². The molecule has 0 radical (unpaired) electrons. The van der Waals surface area contributed by atoms with E-state index in [0.29, 0.717) is 48.9 Å². The summed E-state index contributed by atoms with van der Waals surface area (Å²) >= 11 is 0. The number of ether oxygens (including phenoxy) is 3. The third kappa shape index (κ3) is 3.71. The first kappa shape index (κ1) is 18.4. The molecule has 0 unspecified atom stereocenters. The highest BCUT2D eigenvalue weighted by Crippen LogP contribution is 2.35. The number of pyridine rings is 1. The van der Waals surface area contributed by atoms with Crippen LogP contribution in [-0.4, -0.2) is 48.6 Å². The van der Waals surface area contributed by atoms with Crippen molar-refractivity contribution >= 4 is 17.4 Å². The first-order valence-electron chi connectivity index (χ1n) is 9.28. The number of rotatable bonds is 3. The summed E-state index contributed by atoms with van der Waals surface area (Å²) in [5, 5.41) is 0. The third-order valence-electron chi connectivity index (χ3n) is 4.81. The molecule has 2 aromatic rings. The number of esters is 1. The van der Waals surface area contributed by atoms with E-state index in [2.05, 4.69) is 9.88 Å². The Kier molecular flexibility index (Phi) is 4.77. The normalized spacial score (nSPS) is 18.2. The van der Waals surface area contributed by atoms with Gasteiger partial charge < -0.3 is 19.1 Å². The molecule has 0 atom stereocenters. The van der Waals surface area contributed by atoms with Crippen LogP contribution in [0.15, 0.2) is 36.7 Å². The highest BCUT2D eigenvalue weighted by Gasteiger charge is 2.33. The summed E-state index contributed by atoms with van der Waals surface area (Å²) in [5.41, 5.74) is 1.05. The Hall–Kier alpha value is -2.93. The summed E-state index contributed by atoms with van der Waals surface area (Å²) < 4.78 is 16.8. The Morgan fingerprint density at radius 2 is 2.00 bits per heavy atom. The van der Waals surface area contributed by atoms with Crippen LogP contribution in [0.25, 0.3) is 0 Å². The van der Waals surface area contributed by atoms with Gasteiger partial charge in [0, 0.05) is 19.3 Å². The van der Waals surface area contributed by atoms with Gasteiger partial charge in [-0.3, -0.25) is 9.78 Å². The molecule has 1 saturated heterocycles. The molecule has 4 rings (SSSR count). The molecule has 0 spiro atoms. The smallest absolute Gasteiger partial charge is 0.345 e. The first-order chi connectivity index (χ1) is 13.4. The fourth-order valence-corrected chi connectivity index (χ4v) is 3.47. The molecule has 7 nitrogen and oxygen atoms in total. The van der Waals surface area contributed by atoms with Gasteiger partial charge in [0.05, 0.1) is 42.6 Å². The number of carbonyl (C=O) groups is 2. The first-order valence-corrected chi connectivity index (χ1v) is 9.28. The van der Waals surface area contributed by atoms with Crippen molar-refractivity contribution < 1.29 is 23.8 Å². The third-order valence-corrected chi connectivity index (χ3v) is 4.81. The van der Waals surface area contributed by atoms with Gasteiger partial charge in [0.2, 0.25) is 0 Å². The van der Waals surface area contributed by atoms with Crippen molar-refractivity contribution in [3.8, 4) is 11.5 Å². The lowest BCUT2D eigenvalue weighted by atomic mass is 9.93. The fourth-order valence-electron chi connectivity index (χ4n) is 3.47. The van der Waals surface area contributed by atoms with E-state index in [4.69, 9.17) is 14.2 Å². The highest BCUT2D eigenvalue weighted by atomic mass is 16.5. The summed E-state index contributed by atoms with van der Waals surface area (Å²) in [6.07, 6.45) is 3.50. The van der Waals surface area contributed by atoms with Crippen molar-refractivity contribution in [1.29, 1.82) is 0 Å². The molecule has 1 aromatic heterocycles. The van der Waals surface area contributed by atoms with Crippen molar-refractivity contribution in [2.45, 2.75) is 25.9 Å². The predicted molar refractivity (Wildman–Crippen MR) is 102 cm³/mol. The molecule has 0 amide bonds. The molecule has 0 bridgehead atoms. The maximum absolute atomic E-state index is 12.8. The number of Topliss-reactive ketones (excluding diaryl/α,β-unsaturated/α-hetero) is 1. The zero-order valence-corrected chi connectivity index (χ0v) is 15.9. The molecule has 1 fully saturated rings. The van der Waals surface area contributed by atoms with Gasteiger partial charge in [0.1, 0.15) is 17.1 Å². The summed E-state index contributed by atoms with van der Waals surface area (Å²) in [4.78, 5) is 31.4. The van der Waals surface area contributed by atoms with Gasteiger partial charge in [-0.1, -0.05) is 0 Å². The molecule has 28 heavy (non-hydrogen) atoms. The van der Waals surface area contributed by atoms with E-state index in [1.54, 1.807) is 36.7 Å². The molecule has 146 valence electrons. The van der Waals surface area contributed by atoms with Crippen molar-refractivity contribution in [3.63, 3.8) is 0 Å². The Balaban J connectivity index is 1.57. The van der Waals surface area contributed by atoms with E-state index in [1.807, 2.05) is 13.8 Å². The lowest BCUT2D eigenvalue weighted by Crippen LogP contribution is -2.37. The van der Waals surface area contributed by atoms with Gasteiger partial charge in [0.25, 0.3) is 0 Å². The van der Waals surface area contributed by atoms with Crippen LogP contribution in [0.4, 0.5) is 5.69 Å². The summed E-state index contributed by atoms with van der Waals surface area (Å²) in [6.45, 7) is 6.33. The number of hydrogen-bond donors (Lipinski definition) is 0. The average molecular weight is 382 g/mol. The number of morpholine rings is 1. The predicted octanol–water partition coefficient (Wildman–Crippen LogP) is 2.88. The van der Waals surface area contributed by atoms with E-state index in [-0.39, 0.29) is 12.2 Å². The van der Waals surface area contributed by atoms with Crippen LogP contribution in [0.5, 0.6) is 11.5 Å². The van der Waals surface area contributed by atoms with Crippen molar-refractivity contribution in [3.05, 3.63) is 47.8 Å². The Morgan fingerprint density at radius 1 is 1.21 bits per heavy atom. The average Bonchev–Trinajstić information content (AvgIpc) is 2.68. The summed E-state index contributed by atoms with van der Waals surface area (Å²) in [6, 6.07) is 6.52. The summed E-state index contributed by atoms with van der Waals surface area (Å²) in [7, 11) is 0. The SMILES string of the molecule is CC1(C)CC(=O)c2cc(OC(=O)c3ccncc3N3CCOCC3)ccc2O1. The van der Waals surface area contributed by atoms with Gasteiger partial charge in [-0.05, 0) is 38.1 Å². The Morgan fingerprint density at radius 3 is 2.79 bits per heavy atom. The van der Waals surface area contributed by atoms with E-state index in [1.165, 1.54) is 0 Å². The molecule has 0 N–H and O–H groups in total. The molecule has 7 heteroatoms. The van der Waals surface area contributed by atoms with E-state index in [0.717, 1.165) is 5.69 Å². The minimum Gasteiger partial charge on any atom is -0.487 e. The molecule has 0 aliphatic carbocycles. The number of anilines is 1. The monoisotopic (exact) mass is 382 g/mol. The fraction of sp³-hybridized carbons (Fsp3) is 0.381. The number of ketones is 1. The topological polar surface area (TPSA) is 78.0 Å². The van der Waals surface area contributed by atoms with Crippen LogP contribution in [0.3, 0.4) is 0 Å². The molecule has 1 aromatic carbocycles. The van der Waals surface area contributed by atoms with Crippen LogP contribution < -0.4 is 14.4 Å². The quantitative estimate of drug-likeness (QED) is 0.597. The highest BCUT2D eigenvalue weighted by molar-refractivity contribution is 6.01. The van der Waals surface area contributed by atoms with Crippen LogP contribution in [-0.2, 0) is 4.74 Å². The van der Waals surface area contributed by atoms with Gasteiger partial charge >= 0.3 is 5.97 Å². The maximum Gasteiger partial charge on any atom is 0.345 e. The number of fused-ring (bicyclic) bond motifs is 1. The number of carbonyl (C=O) groups excluding carboxylic acids is 2. The minimum atomic E-state index is -0.535. The maximum atomic E-state index is 12.8. The molecule has 3 heterocycles. The van der Waals surface area contributed by atoms with Gasteiger partial charge in [-0.25, -0.2) is 4.79 Å². The second-order valence-corrected chi connectivity index (χ2v) is 7.50. The zero-order valence-electron chi connectivity index (χ0n) is 15.9. The second-order valence-electron chi connectivity index (χ2n) is 7.50. The lowest BCUT2D eigenvalue weighted by Gasteiger charge is -2.31. The molecular weight excluding hydrogens is 360 g/mol. The molecular formula is C21H22N2O5. The van der Waals surface area contributed by atoms with Gasteiger partial charge in [0.15, 0.2) is 5.78 Å². The lowest BCUT2D eigenvalue weighted by molar-refractivity contribution is 0.0612. The van der Waals surface area contributed by atoms with Crippen molar-refractivity contribution in [2.24, 2.45) is 0 Å². The Labute approximate surface area is 163 Å². The number of benzene rings is 1. The standard InChI is InChI=1S/C21H22N2O5/c1-21(2)12-18(24)16-11-14(3-4-19(16)28-21)27-20(25)15-5-6-22-13-17(15)23-7-9-26-10-8-23/h3-6,11,13H,7-10,12H2,1-2H3. The number of nitrogens with zero attached hydrogens (tertiary/aromatic N) is 2. The molecule has 2 aliphatic rings. The number of aromatic nitrogens is 1. The minimum absolute atomic E-state index is 0.0259. The van der Waals surface area contributed by atoms with Crippen LogP contribution in [0, 0.1) is 0 Å². The second kappa shape index (κ2) is 7.24. The zero-order chi connectivity index (χ0) is 19.7. The number of hydrogen-bond acceptors (Lipinski definition) is 7. The van der Waals surface area contributed by atoms with Gasteiger partial charge in [-0.15, -0.1) is 0 Å². The van der Waals surface area contributed by atoms with Crippen molar-refractivity contribution in [2.75, 3.05) is 31.2 Å². The van der Waals surface area contributed by atoms with Gasteiger partial charge in [-0.2, -0.15) is 0 Å². The largest absolute Gasteiger partial charge is 0.487 e. The van der Waals surface area contributed by atoms with E-state index >= 15 is 0 Å². The molecule has 0 saturated carbocycles. The molecule has 2 aliphatic heterocycles. The van der Waals surface area contributed by atoms with E-state index in [9.17, 15) is 9.59 Å². The van der Waals surface area contributed by atoms with E-state index < -0.39 is 11.6 Å². The van der Waals surface area contributed by atoms with Crippen LogP contribution in [0.2, 0.25) is 0 Å². The summed E-state index contributed by atoms with van der Waals surface area (Å²) in [5.74, 6) is 0.305. The van der Waals surface area contributed by atoms with Crippen molar-refractivity contribution in [1.82, 2.24) is 4.98 Å². The Bertz CT molecular complexity index is 919.